The lowest BCUT2D eigenvalue weighted by molar-refractivity contribution is -0.118. The van der Waals surface area contributed by atoms with Crippen LogP contribution in [-0.4, -0.2) is 25.4 Å². The molecule has 0 saturated heterocycles. The number of aryl methyl sites for hydroxylation is 1. The van der Waals surface area contributed by atoms with Crippen LogP contribution >= 0.6 is 11.3 Å². The Morgan fingerprint density at radius 3 is 2.21 bits per heavy atom. The van der Waals surface area contributed by atoms with Gasteiger partial charge in [0.15, 0.2) is 5.13 Å². The second-order valence-electron chi connectivity index (χ2n) is 9.97. The van der Waals surface area contributed by atoms with Crippen molar-refractivity contribution in [2.24, 2.45) is 5.92 Å². The third-order valence-corrected chi connectivity index (χ3v) is 7.68. The molecule has 3 aromatic rings. The number of nitrogens with one attached hydrogen (secondary N) is 2. The number of aromatic nitrogens is 1. The molecule has 0 bridgehead atoms. The van der Waals surface area contributed by atoms with Crippen LogP contribution in [0.4, 0.5) is 5.13 Å². The molecule has 1 heterocycles. The highest BCUT2D eigenvalue weighted by atomic mass is 32.2. The molecular weight excluding hydrogens is 466 g/mol. The van der Waals surface area contributed by atoms with Gasteiger partial charge < -0.3 is 5.32 Å². The molecule has 34 heavy (non-hydrogen) atoms. The summed E-state index contributed by atoms with van der Waals surface area (Å²) in [6.07, 6.45) is 0.365. The minimum Gasteiger partial charge on any atom is -0.301 e. The van der Waals surface area contributed by atoms with Crippen molar-refractivity contribution in [2.45, 2.75) is 64.3 Å². The van der Waals surface area contributed by atoms with Crippen LogP contribution in [0.3, 0.4) is 0 Å². The topological polar surface area (TPSA) is 88.2 Å². The van der Waals surface area contributed by atoms with Crippen molar-refractivity contribution in [3.63, 3.8) is 0 Å². The Balaban J connectivity index is 1.75. The molecule has 8 heteroatoms. The molecule has 0 spiro atoms. The molecule has 0 aliphatic heterocycles. The van der Waals surface area contributed by atoms with Crippen LogP contribution in [0.5, 0.6) is 0 Å². The van der Waals surface area contributed by atoms with Crippen molar-refractivity contribution in [3.05, 3.63) is 65.0 Å². The Morgan fingerprint density at radius 2 is 1.65 bits per heavy atom. The van der Waals surface area contributed by atoms with Gasteiger partial charge in [0.1, 0.15) is 6.04 Å². The third-order valence-electron chi connectivity index (χ3n) is 5.43. The van der Waals surface area contributed by atoms with Crippen LogP contribution in [0.2, 0.25) is 0 Å². The first-order valence-electron chi connectivity index (χ1n) is 11.3. The zero-order valence-electron chi connectivity index (χ0n) is 20.5. The van der Waals surface area contributed by atoms with Gasteiger partial charge in [-0.05, 0) is 42.4 Å². The normalized spacial score (nSPS) is 13.1. The summed E-state index contributed by atoms with van der Waals surface area (Å²) in [5.74, 6) is -0.307. The van der Waals surface area contributed by atoms with Gasteiger partial charge in [0.05, 0.1) is 10.6 Å². The standard InChI is InChI=1S/C26H33N3O3S2/c1-17(2)15-22(29-34(31,32)21-13-7-18(3)8-14-21)24(30)28-25-27-23(16-33-25)19-9-11-20(12-10-19)26(4,5)6/h7-14,16-17,22,29H,15H2,1-6H3,(H,27,28,30)/t22-/m0/s1. The second kappa shape index (κ2) is 10.4. The van der Waals surface area contributed by atoms with Crippen LogP contribution in [0.15, 0.2) is 58.8 Å². The summed E-state index contributed by atoms with van der Waals surface area (Å²) < 4.78 is 28.3. The summed E-state index contributed by atoms with van der Waals surface area (Å²) in [7, 11) is -3.84. The van der Waals surface area contributed by atoms with E-state index in [0.29, 0.717) is 11.6 Å². The second-order valence-corrected chi connectivity index (χ2v) is 12.5. The Morgan fingerprint density at radius 1 is 1.03 bits per heavy atom. The van der Waals surface area contributed by atoms with Gasteiger partial charge in [0.25, 0.3) is 0 Å². The molecule has 6 nitrogen and oxygen atoms in total. The van der Waals surface area contributed by atoms with E-state index in [0.717, 1.165) is 16.8 Å². The lowest BCUT2D eigenvalue weighted by atomic mass is 9.86. The quantitative estimate of drug-likeness (QED) is 0.413. The van der Waals surface area contributed by atoms with Gasteiger partial charge >= 0.3 is 0 Å². The first kappa shape index (κ1) is 26.1. The fourth-order valence-corrected chi connectivity index (χ4v) is 5.38. The number of anilines is 1. The number of thiazole rings is 1. The van der Waals surface area contributed by atoms with Gasteiger partial charge in [0, 0.05) is 10.9 Å². The minimum atomic E-state index is -3.84. The number of amides is 1. The number of carbonyl (C=O) groups excluding carboxylic acids is 1. The Labute approximate surface area is 206 Å². The van der Waals surface area contributed by atoms with E-state index in [1.165, 1.54) is 16.9 Å². The number of sulfonamides is 1. The Bertz CT molecular complexity index is 1220. The van der Waals surface area contributed by atoms with E-state index < -0.39 is 22.0 Å². The molecule has 1 aromatic heterocycles. The van der Waals surface area contributed by atoms with Crippen molar-refractivity contribution >= 4 is 32.4 Å². The molecule has 0 aliphatic carbocycles. The molecule has 3 rings (SSSR count). The maximum Gasteiger partial charge on any atom is 0.244 e. The number of benzene rings is 2. The van der Waals surface area contributed by atoms with E-state index in [2.05, 4.69) is 47.9 Å². The van der Waals surface area contributed by atoms with Crippen molar-refractivity contribution in [1.29, 1.82) is 0 Å². The fraction of sp³-hybridized carbons (Fsp3) is 0.385. The average Bonchev–Trinajstić information content (AvgIpc) is 3.21. The smallest absolute Gasteiger partial charge is 0.244 e. The molecule has 182 valence electrons. The van der Waals surface area contributed by atoms with Crippen molar-refractivity contribution in [3.8, 4) is 11.3 Å². The summed E-state index contributed by atoms with van der Waals surface area (Å²) in [4.78, 5) is 17.7. The monoisotopic (exact) mass is 499 g/mol. The number of carbonyl (C=O) groups is 1. The lowest BCUT2D eigenvalue weighted by Crippen LogP contribution is -2.44. The molecule has 0 fully saturated rings. The maximum absolute atomic E-state index is 13.0. The zero-order chi connectivity index (χ0) is 25.1. The number of hydrogen-bond acceptors (Lipinski definition) is 5. The van der Waals surface area contributed by atoms with E-state index in [4.69, 9.17) is 0 Å². The van der Waals surface area contributed by atoms with E-state index in [1.807, 2.05) is 38.3 Å². The molecule has 0 saturated carbocycles. The van der Waals surface area contributed by atoms with Gasteiger partial charge in [0.2, 0.25) is 15.9 Å². The van der Waals surface area contributed by atoms with E-state index in [9.17, 15) is 13.2 Å². The van der Waals surface area contributed by atoms with Crippen LogP contribution in [0.25, 0.3) is 11.3 Å². The highest BCUT2D eigenvalue weighted by molar-refractivity contribution is 7.89. The number of rotatable bonds is 8. The first-order chi connectivity index (χ1) is 15.8. The van der Waals surface area contributed by atoms with E-state index >= 15 is 0 Å². The van der Waals surface area contributed by atoms with Crippen LogP contribution in [0, 0.1) is 12.8 Å². The van der Waals surface area contributed by atoms with Gasteiger partial charge in [-0.25, -0.2) is 13.4 Å². The van der Waals surface area contributed by atoms with Crippen LogP contribution in [0.1, 0.15) is 52.2 Å². The largest absolute Gasteiger partial charge is 0.301 e. The Hall–Kier alpha value is -2.55. The summed E-state index contributed by atoms with van der Waals surface area (Å²) in [6.45, 7) is 12.3. The van der Waals surface area contributed by atoms with E-state index in [1.54, 1.807) is 24.3 Å². The average molecular weight is 500 g/mol. The molecule has 0 radical (unpaired) electrons. The summed E-state index contributed by atoms with van der Waals surface area (Å²) in [6, 6.07) is 13.9. The van der Waals surface area contributed by atoms with Crippen LogP contribution in [-0.2, 0) is 20.2 Å². The van der Waals surface area contributed by atoms with Gasteiger partial charge in [-0.2, -0.15) is 4.72 Å². The summed E-state index contributed by atoms with van der Waals surface area (Å²) in [5.41, 5.74) is 3.99. The van der Waals surface area contributed by atoms with Gasteiger partial charge in [-0.3, -0.25) is 4.79 Å². The predicted molar refractivity (Wildman–Crippen MR) is 140 cm³/mol. The molecule has 0 unspecified atom stereocenters. The SMILES string of the molecule is Cc1ccc(S(=O)(=O)N[C@@H](CC(C)C)C(=O)Nc2nc(-c3ccc(C(C)(C)C)cc3)cs2)cc1. The number of nitrogens with zero attached hydrogens (tertiary/aromatic N) is 1. The van der Waals surface area contributed by atoms with Crippen LogP contribution < -0.4 is 10.0 Å². The predicted octanol–water partition coefficient (Wildman–Crippen LogP) is 5.75. The van der Waals surface area contributed by atoms with Gasteiger partial charge in [-0.1, -0.05) is 76.6 Å². The third kappa shape index (κ3) is 6.74. The zero-order valence-corrected chi connectivity index (χ0v) is 22.2. The molecule has 2 N–H and O–H groups in total. The maximum atomic E-state index is 13.0. The molecule has 1 amide bonds. The molecule has 0 aliphatic rings. The minimum absolute atomic E-state index is 0.0666. The number of hydrogen-bond donors (Lipinski definition) is 2. The van der Waals surface area contributed by atoms with Crippen molar-refractivity contribution in [1.82, 2.24) is 9.71 Å². The molecule has 2 aromatic carbocycles. The first-order valence-corrected chi connectivity index (χ1v) is 13.7. The van der Waals surface area contributed by atoms with Crippen molar-refractivity contribution in [2.75, 3.05) is 5.32 Å². The highest BCUT2D eigenvalue weighted by Crippen LogP contribution is 2.28. The van der Waals surface area contributed by atoms with E-state index in [-0.39, 0.29) is 16.2 Å². The molecule has 1 atom stereocenters. The highest BCUT2D eigenvalue weighted by Gasteiger charge is 2.27. The summed E-state index contributed by atoms with van der Waals surface area (Å²) >= 11 is 1.31. The molecular formula is C26H33N3O3S2. The Kier molecular flexibility index (Phi) is 7.95. The summed E-state index contributed by atoms with van der Waals surface area (Å²) in [5, 5.41) is 5.12. The van der Waals surface area contributed by atoms with Crippen molar-refractivity contribution < 1.29 is 13.2 Å². The fourth-order valence-electron chi connectivity index (χ4n) is 3.45. The lowest BCUT2D eigenvalue weighted by Gasteiger charge is -2.19. The van der Waals surface area contributed by atoms with Gasteiger partial charge in [-0.15, -0.1) is 11.3 Å².